The third-order valence-corrected chi connectivity index (χ3v) is 9.47. The Morgan fingerprint density at radius 1 is 0.783 bits per heavy atom. The van der Waals surface area contributed by atoms with Crippen LogP contribution < -0.4 is 0 Å². The zero-order valence-corrected chi connectivity index (χ0v) is 25.8. The SMILES string of the molecule is C[C@@H]1[C@H](CN2CC[C@H](O)C2)O[C@H](c2ccc(-c3cccc(CN4C(=O)c5ccccc5C4=O)c3)cc2)O[C@@H]1c1ccc(CO)cc1. The van der Waals surface area contributed by atoms with Crippen LogP contribution in [0.3, 0.4) is 0 Å². The molecule has 3 aliphatic rings. The molecule has 2 fully saturated rings. The molecule has 0 saturated carbocycles. The van der Waals surface area contributed by atoms with Crippen LogP contribution in [0.25, 0.3) is 11.1 Å². The predicted octanol–water partition coefficient (Wildman–Crippen LogP) is 5.50. The molecule has 0 aromatic heterocycles. The summed E-state index contributed by atoms with van der Waals surface area (Å²) in [6.45, 7) is 4.54. The molecular formula is C38H38N2O6. The molecule has 46 heavy (non-hydrogen) atoms. The molecule has 4 aromatic carbocycles. The normalized spacial score (nSPS) is 24.8. The van der Waals surface area contributed by atoms with Gasteiger partial charge in [0.2, 0.25) is 0 Å². The third-order valence-electron chi connectivity index (χ3n) is 9.47. The van der Waals surface area contributed by atoms with Crippen molar-refractivity contribution in [2.24, 2.45) is 5.92 Å². The molecule has 0 spiro atoms. The number of hydrogen-bond donors (Lipinski definition) is 2. The van der Waals surface area contributed by atoms with Gasteiger partial charge in [0.15, 0.2) is 6.29 Å². The van der Waals surface area contributed by atoms with E-state index < -0.39 is 6.29 Å². The van der Waals surface area contributed by atoms with E-state index in [-0.39, 0.29) is 49.2 Å². The summed E-state index contributed by atoms with van der Waals surface area (Å²) >= 11 is 0. The maximum Gasteiger partial charge on any atom is 0.261 e. The number of hydrogen-bond acceptors (Lipinski definition) is 7. The molecule has 2 saturated heterocycles. The van der Waals surface area contributed by atoms with Crippen LogP contribution in [0.2, 0.25) is 0 Å². The first-order valence-electron chi connectivity index (χ1n) is 15.9. The van der Waals surface area contributed by atoms with Crippen LogP contribution in [0.15, 0.2) is 97.1 Å². The van der Waals surface area contributed by atoms with Gasteiger partial charge in [-0.15, -0.1) is 0 Å². The van der Waals surface area contributed by atoms with Crippen LogP contribution in [0.4, 0.5) is 0 Å². The van der Waals surface area contributed by atoms with E-state index in [1.165, 1.54) is 4.90 Å². The first kappa shape index (κ1) is 30.5. The van der Waals surface area contributed by atoms with Crippen molar-refractivity contribution in [3.63, 3.8) is 0 Å². The number of likely N-dealkylation sites (tertiary alicyclic amines) is 1. The Labute approximate surface area is 268 Å². The Bertz CT molecular complexity index is 1690. The number of fused-ring (bicyclic) bond motifs is 1. The second-order valence-corrected chi connectivity index (χ2v) is 12.6. The smallest absolute Gasteiger partial charge is 0.261 e. The number of rotatable bonds is 8. The summed E-state index contributed by atoms with van der Waals surface area (Å²) < 4.78 is 13.2. The van der Waals surface area contributed by atoms with Crippen LogP contribution >= 0.6 is 0 Å². The molecule has 0 radical (unpaired) electrons. The largest absolute Gasteiger partial charge is 0.392 e. The fraction of sp³-hybridized carbons (Fsp3) is 0.316. The Kier molecular flexibility index (Phi) is 8.55. The van der Waals surface area contributed by atoms with Gasteiger partial charge >= 0.3 is 0 Å². The number of benzene rings is 4. The summed E-state index contributed by atoms with van der Waals surface area (Å²) in [4.78, 5) is 29.4. The molecule has 8 heteroatoms. The zero-order chi connectivity index (χ0) is 31.8. The van der Waals surface area contributed by atoms with Gasteiger partial charge in [-0.1, -0.05) is 85.8 Å². The van der Waals surface area contributed by atoms with Gasteiger partial charge in [0, 0.05) is 31.1 Å². The molecule has 3 aliphatic heterocycles. The molecular weight excluding hydrogens is 580 g/mol. The van der Waals surface area contributed by atoms with E-state index in [2.05, 4.69) is 11.8 Å². The lowest BCUT2D eigenvalue weighted by atomic mass is 9.90. The summed E-state index contributed by atoms with van der Waals surface area (Å²) in [6, 6.07) is 30.9. The standard InChI is InChI=1S/C38H38N2O6/c1-24-34(22-39-18-17-31(42)21-39)45-38(46-35(24)28-11-9-25(23-41)10-12-28)29-15-13-27(14-16-29)30-6-4-5-26(19-30)20-40-36(43)32-7-2-3-8-33(32)37(40)44/h2-16,19,24,31,34-35,38,41-42H,17-18,20-23H2,1H3/t24-,31+,34+,35+,38+/m1/s1. The van der Waals surface area contributed by atoms with Crippen LogP contribution in [0, 0.1) is 5.92 Å². The Balaban J connectivity index is 1.10. The van der Waals surface area contributed by atoms with Gasteiger partial charge in [-0.3, -0.25) is 19.4 Å². The maximum absolute atomic E-state index is 12.9. The minimum absolute atomic E-state index is 0.00890. The molecule has 7 rings (SSSR count). The van der Waals surface area contributed by atoms with Gasteiger partial charge in [-0.25, -0.2) is 0 Å². The molecule has 2 amide bonds. The van der Waals surface area contributed by atoms with Crippen molar-refractivity contribution in [1.29, 1.82) is 0 Å². The minimum atomic E-state index is -0.578. The second-order valence-electron chi connectivity index (χ2n) is 12.6. The van der Waals surface area contributed by atoms with Crippen molar-refractivity contribution in [2.75, 3.05) is 19.6 Å². The first-order chi connectivity index (χ1) is 22.4. The number of aliphatic hydroxyl groups is 2. The highest BCUT2D eigenvalue weighted by atomic mass is 16.7. The van der Waals surface area contributed by atoms with E-state index in [0.29, 0.717) is 24.2 Å². The van der Waals surface area contributed by atoms with E-state index in [4.69, 9.17) is 9.47 Å². The monoisotopic (exact) mass is 618 g/mol. The van der Waals surface area contributed by atoms with E-state index in [1.807, 2.05) is 72.8 Å². The number of carbonyl (C=O) groups excluding carboxylic acids is 2. The predicted molar refractivity (Wildman–Crippen MR) is 173 cm³/mol. The molecule has 0 aliphatic carbocycles. The summed E-state index contributed by atoms with van der Waals surface area (Å²) in [5.74, 6) is -0.462. The van der Waals surface area contributed by atoms with Crippen molar-refractivity contribution >= 4 is 11.8 Å². The Morgan fingerprint density at radius 3 is 2.13 bits per heavy atom. The maximum atomic E-state index is 12.9. The van der Waals surface area contributed by atoms with Crippen molar-refractivity contribution < 1.29 is 29.3 Å². The van der Waals surface area contributed by atoms with Crippen LogP contribution in [0.1, 0.15) is 68.7 Å². The number of amides is 2. The lowest BCUT2D eigenvalue weighted by Crippen LogP contribution is -2.44. The van der Waals surface area contributed by atoms with Gasteiger partial charge in [0.25, 0.3) is 11.8 Å². The van der Waals surface area contributed by atoms with Gasteiger partial charge in [-0.2, -0.15) is 0 Å². The van der Waals surface area contributed by atoms with Gasteiger partial charge in [-0.05, 0) is 52.4 Å². The number of nitrogens with zero attached hydrogens (tertiary/aromatic N) is 2. The van der Waals surface area contributed by atoms with Crippen LogP contribution in [0.5, 0.6) is 0 Å². The highest BCUT2D eigenvalue weighted by molar-refractivity contribution is 6.21. The van der Waals surface area contributed by atoms with E-state index in [9.17, 15) is 19.8 Å². The number of β-amino-alcohol motifs (C(OH)–C–C–N with tert-alkyl or cyclic N) is 1. The van der Waals surface area contributed by atoms with E-state index >= 15 is 0 Å². The Morgan fingerprint density at radius 2 is 1.48 bits per heavy atom. The molecule has 236 valence electrons. The van der Waals surface area contributed by atoms with Crippen molar-refractivity contribution in [3.05, 3.63) is 130 Å². The molecule has 5 atom stereocenters. The summed E-state index contributed by atoms with van der Waals surface area (Å²) in [5, 5.41) is 19.6. The molecule has 4 aromatic rings. The summed E-state index contributed by atoms with van der Waals surface area (Å²) in [5.41, 5.74) is 6.54. The quantitative estimate of drug-likeness (QED) is 0.252. The van der Waals surface area contributed by atoms with Crippen molar-refractivity contribution in [3.8, 4) is 11.1 Å². The lowest BCUT2D eigenvalue weighted by molar-refractivity contribution is -0.276. The molecule has 8 nitrogen and oxygen atoms in total. The number of imide groups is 1. The average Bonchev–Trinajstić information content (AvgIpc) is 3.61. The van der Waals surface area contributed by atoms with Gasteiger partial charge < -0.3 is 19.7 Å². The average molecular weight is 619 g/mol. The van der Waals surface area contributed by atoms with Gasteiger partial charge in [0.1, 0.15) is 0 Å². The fourth-order valence-corrected chi connectivity index (χ4v) is 6.81. The molecule has 2 N–H and O–H groups in total. The molecule has 0 bridgehead atoms. The number of carbonyl (C=O) groups is 2. The summed E-state index contributed by atoms with van der Waals surface area (Å²) in [7, 11) is 0. The van der Waals surface area contributed by atoms with E-state index in [1.54, 1.807) is 24.3 Å². The van der Waals surface area contributed by atoms with Gasteiger partial charge in [0.05, 0.1) is 42.6 Å². The van der Waals surface area contributed by atoms with Crippen molar-refractivity contribution in [1.82, 2.24) is 9.80 Å². The highest BCUT2D eigenvalue weighted by Crippen LogP contribution is 2.42. The minimum Gasteiger partial charge on any atom is -0.392 e. The second kappa shape index (κ2) is 12.9. The number of aliphatic hydroxyl groups excluding tert-OH is 2. The first-order valence-corrected chi connectivity index (χ1v) is 15.9. The topological polar surface area (TPSA) is 99.5 Å². The highest BCUT2D eigenvalue weighted by Gasteiger charge is 2.40. The molecule has 3 heterocycles. The third kappa shape index (κ3) is 6.02. The number of ether oxygens (including phenoxy) is 2. The summed E-state index contributed by atoms with van der Waals surface area (Å²) in [6.07, 6.45) is -0.418. The fourth-order valence-electron chi connectivity index (χ4n) is 6.81. The Hall–Kier alpha value is -4.18. The van der Waals surface area contributed by atoms with Crippen LogP contribution in [-0.4, -0.2) is 63.7 Å². The zero-order valence-electron chi connectivity index (χ0n) is 25.8. The lowest BCUT2D eigenvalue weighted by Gasteiger charge is -2.42. The van der Waals surface area contributed by atoms with Crippen LogP contribution in [-0.2, 0) is 22.6 Å². The van der Waals surface area contributed by atoms with Crippen molar-refractivity contribution in [2.45, 2.75) is 51.1 Å². The molecule has 0 unspecified atom stereocenters. The van der Waals surface area contributed by atoms with E-state index in [0.717, 1.165) is 46.3 Å².